The van der Waals surface area contributed by atoms with Gasteiger partial charge in [-0.1, -0.05) is 44.2 Å². The zero-order valence-corrected chi connectivity index (χ0v) is 19.2. The van der Waals surface area contributed by atoms with Gasteiger partial charge in [-0.2, -0.15) is 5.10 Å². The fraction of sp³-hybridized carbons (Fsp3) is 0.333. The Kier molecular flexibility index (Phi) is 8.47. The number of rotatable bonds is 11. The van der Waals surface area contributed by atoms with Crippen LogP contribution in [0, 0.1) is 5.21 Å². The largest absolute Gasteiger partial charge is 0.756 e. The van der Waals surface area contributed by atoms with Crippen molar-refractivity contribution in [1.82, 2.24) is 24.7 Å². The first-order valence-electron chi connectivity index (χ1n) is 11.1. The molecule has 3 aromatic rings. The number of aliphatic hydroxyl groups excluding tert-OH is 1. The van der Waals surface area contributed by atoms with E-state index in [2.05, 4.69) is 28.8 Å². The van der Waals surface area contributed by atoms with Crippen LogP contribution in [0.25, 0.3) is 5.82 Å². The molecule has 2 aromatic heterocycles. The smallest absolute Gasteiger partial charge is 0.248 e. The van der Waals surface area contributed by atoms with Crippen molar-refractivity contribution in [2.45, 2.75) is 39.0 Å². The molecule has 3 N–H and O–H groups in total. The Balaban J connectivity index is 1.90. The van der Waals surface area contributed by atoms with Gasteiger partial charge < -0.3 is 21.1 Å². The number of hydrogen-bond acceptors (Lipinski definition) is 7. The van der Waals surface area contributed by atoms with Crippen molar-refractivity contribution in [3.05, 3.63) is 83.0 Å². The summed E-state index contributed by atoms with van der Waals surface area (Å²) in [6, 6.07) is 12.2. The predicted octanol–water partition coefficient (Wildman–Crippen LogP) is 1.51. The molecule has 10 heteroatoms. The molecule has 0 bridgehead atoms. The number of aliphatic hydroxyl groups is 1. The summed E-state index contributed by atoms with van der Waals surface area (Å²) >= 11 is 0. The summed E-state index contributed by atoms with van der Waals surface area (Å²) in [4.78, 5) is 31.4. The van der Waals surface area contributed by atoms with E-state index >= 15 is 0 Å². The van der Waals surface area contributed by atoms with Gasteiger partial charge in [0.1, 0.15) is 0 Å². The maximum atomic E-state index is 13.2. The number of nitrogens with two attached hydrogens (primary N) is 1. The SMILES string of the molecule is CCN(CC)Cc1ccn(-c2ncccc2C(=O)N([O-])C(Cc2ccccc2)C(O)C(N)=O)n1. The summed E-state index contributed by atoms with van der Waals surface area (Å²) in [5.74, 6) is -1.87. The van der Waals surface area contributed by atoms with Crippen molar-refractivity contribution in [1.29, 1.82) is 0 Å². The van der Waals surface area contributed by atoms with Crippen molar-refractivity contribution in [2.75, 3.05) is 13.1 Å². The Morgan fingerprint density at radius 1 is 1.12 bits per heavy atom. The van der Waals surface area contributed by atoms with Crippen LogP contribution in [0.2, 0.25) is 0 Å². The highest BCUT2D eigenvalue weighted by Crippen LogP contribution is 2.19. The van der Waals surface area contributed by atoms with E-state index in [-0.39, 0.29) is 22.9 Å². The summed E-state index contributed by atoms with van der Waals surface area (Å²) in [7, 11) is 0. The Morgan fingerprint density at radius 3 is 2.47 bits per heavy atom. The highest BCUT2D eigenvalue weighted by molar-refractivity contribution is 5.98. The van der Waals surface area contributed by atoms with Crippen LogP contribution < -0.4 is 5.73 Å². The number of carbonyl (C=O) groups is 2. The van der Waals surface area contributed by atoms with E-state index in [0.29, 0.717) is 12.1 Å². The normalized spacial score (nSPS) is 13.0. The summed E-state index contributed by atoms with van der Waals surface area (Å²) in [5, 5.41) is 28.1. The third-order valence-electron chi connectivity index (χ3n) is 5.60. The quantitative estimate of drug-likeness (QED) is 0.409. The molecule has 180 valence electrons. The van der Waals surface area contributed by atoms with Gasteiger partial charge in [0.2, 0.25) is 11.8 Å². The molecule has 1 aromatic carbocycles. The second kappa shape index (κ2) is 11.5. The van der Waals surface area contributed by atoms with Gasteiger partial charge in [0, 0.05) is 18.9 Å². The Labute approximate surface area is 198 Å². The fourth-order valence-corrected chi connectivity index (χ4v) is 3.62. The highest BCUT2D eigenvalue weighted by Gasteiger charge is 2.30. The lowest BCUT2D eigenvalue weighted by molar-refractivity contribution is -0.128. The molecule has 3 rings (SSSR count). The minimum absolute atomic E-state index is 0.00952. The predicted molar refractivity (Wildman–Crippen MR) is 127 cm³/mol. The van der Waals surface area contributed by atoms with Crippen molar-refractivity contribution in [3.63, 3.8) is 0 Å². The standard InChI is InChI=1S/C24H29N6O4/c1-3-28(4-2)16-18-12-14-29(27-18)23-19(11-8-13-26-23)24(33)30(34)20(21(31)22(25)32)15-17-9-6-5-7-10-17/h5-14,20-21,31H,3-4,15-16H2,1-2H3,(H2,25,32)/q-1. The van der Waals surface area contributed by atoms with Gasteiger partial charge in [0.15, 0.2) is 11.9 Å². The average molecular weight is 466 g/mol. The van der Waals surface area contributed by atoms with E-state index in [1.807, 2.05) is 6.07 Å². The summed E-state index contributed by atoms with van der Waals surface area (Å²) in [5.41, 5.74) is 6.70. The topological polar surface area (TPSA) is 141 Å². The van der Waals surface area contributed by atoms with Crippen LogP contribution in [0.5, 0.6) is 0 Å². The minimum atomic E-state index is -1.84. The molecule has 2 heterocycles. The molecule has 2 atom stereocenters. The van der Waals surface area contributed by atoms with Gasteiger partial charge in [0.05, 0.1) is 17.3 Å². The lowest BCUT2D eigenvalue weighted by atomic mass is 10.00. The maximum Gasteiger partial charge on any atom is 0.248 e. The van der Waals surface area contributed by atoms with Crippen LogP contribution in [0.1, 0.15) is 35.5 Å². The van der Waals surface area contributed by atoms with Gasteiger partial charge in [-0.05, 0) is 43.3 Å². The molecule has 0 fully saturated rings. The molecular weight excluding hydrogens is 436 g/mol. The monoisotopic (exact) mass is 465 g/mol. The number of primary amides is 1. The van der Waals surface area contributed by atoms with Crippen LogP contribution in [0.15, 0.2) is 60.9 Å². The van der Waals surface area contributed by atoms with Crippen molar-refractivity contribution >= 4 is 11.8 Å². The summed E-state index contributed by atoms with van der Waals surface area (Å²) in [6.45, 7) is 6.49. The number of aromatic nitrogens is 3. The molecule has 34 heavy (non-hydrogen) atoms. The third kappa shape index (κ3) is 5.84. The first-order valence-corrected chi connectivity index (χ1v) is 11.1. The number of pyridine rings is 1. The number of carbonyl (C=O) groups excluding carboxylic acids is 2. The van der Waals surface area contributed by atoms with E-state index in [0.717, 1.165) is 18.8 Å². The number of hydrogen-bond donors (Lipinski definition) is 2. The third-order valence-corrected chi connectivity index (χ3v) is 5.60. The second-order valence-electron chi connectivity index (χ2n) is 7.82. The maximum absolute atomic E-state index is 13.2. The molecule has 10 nitrogen and oxygen atoms in total. The number of benzene rings is 1. The minimum Gasteiger partial charge on any atom is -0.756 e. The van der Waals surface area contributed by atoms with Crippen molar-refractivity contribution in [3.8, 4) is 5.82 Å². The molecule has 0 saturated carbocycles. The van der Waals surface area contributed by atoms with Crippen molar-refractivity contribution in [2.24, 2.45) is 5.73 Å². The van der Waals surface area contributed by atoms with E-state index in [9.17, 15) is 19.9 Å². The van der Waals surface area contributed by atoms with E-state index in [4.69, 9.17) is 5.73 Å². The van der Waals surface area contributed by atoms with Gasteiger partial charge >= 0.3 is 0 Å². The summed E-state index contributed by atoms with van der Waals surface area (Å²) in [6.07, 6.45) is 1.28. The van der Waals surface area contributed by atoms with Crippen LogP contribution in [0.3, 0.4) is 0 Å². The average Bonchev–Trinajstić information content (AvgIpc) is 3.33. The molecular formula is C24H29N6O4-. The van der Waals surface area contributed by atoms with Gasteiger partial charge in [-0.15, -0.1) is 0 Å². The number of nitrogens with zero attached hydrogens (tertiary/aromatic N) is 5. The van der Waals surface area contributed by atoms with Crippen LogP contribution in [0.4, 0.5) is 0 Å². The zero-order chi connectivity index (χ0) is 24.7. The van der Waals surface area contributed by atoms with Crippen LogP contribution in [-0.2, 0) is 17.8 Å². The molecule has 2 unspecified atom stereocenters. The first-order chi connectivity index (χ1) is 16.3. The highest BCUT2D eigenvalue weighted by atomic mass is 16.5. The van der Waals surface area contributed by atoms with Crippen LogP contribution >= 0.6 is 0 Å². The molecule has 0 aliphatic heterocycles. The van der Waals surface area contributed by atoms with E-state index < -0.39 is 24.0 Å². The number of amides is 2. The molecule has 0 saturated heterocycles. The zero-order valence-electron chi connectivity index (χ0n) is 19.2. The Morgan fingerprint density at radius 2 is 1.82 bits per heavy atom. The fourth-order valence-electron chi connectivity index (χ4n) is 3.62. The number of hydroxylamine groups is 2. The molecule has 0 radical (unpaired) electrons. The lowest BCUT2D eigenvalue weighted by Gasteiger charge is -2.39. The van der Waals surface area contributed by atoms with Crippen LogP contribution in [-0.4, -0.2) is 66.9 Å². The molecule has 0 aliphatic carbocycles. The molecule has 0 spiro atoms. The van der Waals surface area contributed by atoms with E-state index in [1.54, 1.807) is 36.5 Å². The second-order valence-corrected chi connectivity index (χ2v) is 7.82. The Bertz CT molecular complexity index is 1100. The Hall–Kier alpha value is -3.60. The van der Waals surface area contributed by atoms with Gasteiger partial charge in [0.25, 0.3) is 0 Å². The molecule has 2 amide bonds. The molecule has 0 aliphatic rings. The summed E-state index contributed by atoms with van der Waals surface area (Å²) < 4.78 is 1.44. The van der Waals surface area contributed by atoms with Gasteiger partial charge in [-0.3, -0.25) is 14.5 Å². The first kappa shape index (κ1) is 25.0. The lowest BCUT2D eigenvalue weighted by Crippen LogP contribution is -2.50. The van der Waals surface area contributed by atoms with Crippen molar-refractivity contribution < 1.29 is 14.7 Å². The van der Waals surface area contributed by atoms with Gasteiger partial charge in [-0.25, -0.2) is 9.67 Å². The van der Waals surface area contributed by atoms with E-state index in [1.165, 1.54) is 23.0 Å².